The summed E-state index contributed by atoms with van der Waals surface area (Å²) in [5.74, 6) is 0.939. The number of aromatic nitrogens is 1. The van der Waals surface area contributed by atoms with Crippen LogP contribution in [0.15, 0.2) is 36.4 Å². The molecule has 2 heterocycles. The molecule has 0 unspecified atom stereocenters. The van der Waals surface area contributed by atoms with E-state index < -0.39 is 0 Å². The van der Waals surface area contributed by atoms with Gasteiger partial charge in [0.15, 0.2) is 5.13 Å². The lowest BCUT2D eigenvalue weighted by Gasteiger charge is -2.20. The molecule has 2 aromatic carbocycles. The molecule has 1 N–H and O–H groups in total. The summed E-state index contributed by atoms with van der Waals surface area (Å²) in [6.07, 6.45) is 0.840. The van der Waals surface area contributed by atoms with Crippen molar-refractivity contribution in [3.8, 4) is 11.5 Å². The number of hydrogen-bond acceptors (Lipinski definition) is 6. The number of likely N-dealkylation sites (tertiary alicyclic amines) is 1. The third kappa shape index (κ3) is 3.47. The fraction of sp³-hybridized carbons (Fsp3) is 0.300. The van der Waals surface area contributed by atoms with Gasteiger partial charge in [0.25, 0.3) is 5.91 Å². The molecule has 28 heavy (non-hydrogen) atoms. The zero-order valence-electron chi connectivity index (χ0n) is 15.6. The second-order valence-electron chi connectivity index (χ2n) is 6.52. The third-order valence-corrected chi connectivity index (χ3v) is 6.07. The number of halogens is 1. The number of benzene rings is 2. The summed E-state index contributed by atoms with van der Waals surface area (Å²) >= 11 is 7.78. The van der Waals surface area contributed by atoms with Crippen molar-refractivity contribution in [2.45, 2.75) is 12.5 Å². The van der Waals surface area contributed by atoms with E-state index in [2.05, 4.69) is 10.3 Å². The average Bonchev–Trinajstić information content (AvgIpc) is 3.34. The van der Waals surface area contributed by atoms with Crippen LogP contribution in [0.5, 0.6) is 11.5 Å². The maximum Gasteiger partial charge on any atom is 0.261 e. The molecule has 0 spiro atoms. The lowest BCUT2D eigenvalue weighted by atomic mass is 10.1. The first-order valence-electron chi connectivity index (χ1n) is 8.92. The normalized spacial score (nSPS) is 16.4. The van der Waals surface area contributed by atoms with E-state index in [1.807, 2.05) is 23.1 Å². The Balaban J connectivity index is 1.49. The van der Waals surface area contributed by atoms with Crippen molar-refractivity contribution in [1.82, 2.24) is 9.88 Å². The van der Waals surface area contributed by atoms with E-state index in [9.17, 15) is 4.79 Å². The molecule has 146 valence electrons. The number of nitrogens with zero attached hydrogens (tertiary/aromatic N) is 2. The molecule has 0 bridgehead atoms. The van der Waals surface area contributed by atoms with E-state index in [1.165, 1.54) is 0 Å². The minimum atomic E-state index is -0.0917. The number of methoxy groups -OCH3 is 2. The Morgan fingerprint density at radius 1 is 1.21 bits per heavy atom. The van der Waals surface area contributed by atoms with E-state index in [-0.39, 0.29) is 11.9 Å². The van der Waals surface area contributed by atoms with E-state index in [0.29, 0.717) is 35.2 Å². The molecule has 1 amide bonds. The van der Waals surface area contributed by atoms with Gasteiger partial charge in [-0.2, -0.15) is 0 Å². The summed E-state index contributed by atoms with van der Waals surface area (Å²) in [5, 5.41) is 4.91. The summed E-state index contributed by atoms with van der Waals surface area (Å²) < 4.78 is 11.8. The number of nitrogens with one attached hydrogen (secondary N) is 1. The predicted molar refractivity (Wildman–Crippen MR) is 112 cm³/mol. The van der Waals surface area contributed by atoms with Crippen molar-refractivity contribution < 1.29 is 14.3 Å². The zero-order valence-corrected chi connectivity index (χ0v) is 17.1. The predicted octanol–water partition coefficient (Wildman–Crippen LogP) is 4.29. The summed E-state index contributed by atoms with van der Waals surface area (Å²) in [6, 6.07) is 11.2. The van der Waals surface area contributed by atoms with Gasteiger partial charge in [0.1, 0.15) is 22.6 Å². The van der Waals surface area contributed by atoms with Gasteiger partial charge in [-0.1, -0.05) is 35.1 Å². The highest BCUT2D eigenvalue weighted by Crippen LogP contribution is 2.33. The van der Waals surface area contributed by atoms with Crippen LogP contribution in [-0.2, 0) is 0 Å². The second kappa shape index (κ2) is 7.85. The number of fused-ring (bicyclic) bond motifs is 1. The lowest BCUT2D eigenvalue weighted by molar-refractivity contribution is 0.0784. The maximum absolute atomic E-state index is 13.1. The number of thiazole rings is 1. The largest absolute Gasteiger partial charge is 0.496 e. The first-order chi connectivity index (χ1) is 13.6. The molecule has 1 atom stereocenters. The molecule has 3 aromatic rings. The van der Waals surface area contributed by atoms with Crippen LogP contribution in [0.4, 0.5) is 5.13 Å². The number of para-hydroxylation sites is 1. The first-order valence-corrected chi connectivity index (χ1v) is 10.1. The van der Waals surface area contributed by atoms with Gasteiger partial charge in [-0.3, -0.25) is 4.79 Å². The van der Waals surface area contributed by atoms with Crippen molar-refractivity contribution in [2.24, 2.45) is 0 Å². The number of anilines is 1. The minimum absolute atomic E-state index is 0.0917. The smallest absolute Gasteiger partial charge is 0.261 e. The Hall–Kier alpha value is -2.51. The van der Waals surface area contributed by atoms with Gasteiger partial charge in [-0.05, 0) is 30.7 Å². The monoisotopic (exact) mass is 417 g/mol. The fourth-order valence-corrected chi connectivity index (χ4v) is 4.68. The van der Waals surface area contributed by atoms with Crippen molar-refractivity contribution in [2.75, 3.05) is 32.6 Å². The van der Waals surface area contributed by atoms with Gasteiger partial charge in [0.05, 0.1) is 23.9 Å². The SMILES string of the molecule is COc1cccc(OC)c1C(=O)N1CC[C@@H](Nc2nc3c(Cl)cccc3s2)C1. The number of hydrogen-bond donors (Lipinski definition) is 1. The van der Waals surface area contributed by atoms with Crippen LogP contribution < -0.4 is 14.8 Å². The third-order valence-electron chi connectivity index (χ3n) is 4.81. The van der Waals surface area contributed by atoms with Gasteiger partial charge in [-0.15, -0.1) is 0 Å². The average molecular weight is 418 g/mol. The Labute approximate surface area is 172 Å². The number of amides is 1. The Kier molecular flexibility index (Phi) is 5.28. The number of ether oxygens (including phenoxy) is 2. The molecule has 1 aliphatic rings. The summed E-state index contributed by atoms with van der Waals surface area (Å²) in [7, 11) is 3.11. The Morgan fingerprint density at radius 3 is 2.61 bits per heavy atom. The van der Waals surface area contributed by atoms with Crippen LogP contribution in [0.1, 0.15) is 16.8 Å². The van der Waals surface area contributed by atoms with E-state index >= 15 is 0 Å². The zero-order chi connectivity index (χ0) is 19.7. The van der Waals surface area contributed by atoms with E-state index in [4.69, 9.17) is 21.1 Å². The molecule has 1 aromatic heterocycles. The van der Waals surface area contributed by atoms with Gasteiger partial charge in [0.2, 0.25) is 0 Å². The molecular formula is C20H20ClN3O3S. The van der Waals surface area contributed by atoms with Gasteiger partial charge in [0, 0.05) is 19.1 Å². The Morgan fingerprint density at radius 2 is 1.93 bits per heavy atom. The van der Waals surface area contributed by atoms with Gasteiger partial charge >= 0.3 is 0 Å². The molecule has 0 aliphatic carbocycles. The minimum Gasteiger partial charge on any atom is -0.496 e. The highest BCUT2D eigenvalue weighted by atomic mass is 35.5. The molecular weight excluding hydrogens is 398 g/mol. The quantitative estimate of drug-likeness (QED) is 0.670. The highest BCUT2D eigenvalue weighted by molar-refractivity contribution is 7.22. The fourth-order valence-electron chi connectivity index (χ4n) is 3.43. The van der Waals surface area contributed by atoms with Gasteiger partial charge < -0.3 is 19.7 Å². The maximum atomic E-state index is 13.1. The van der Waals surface area contributed by atoms with Crippen molar-refractivity contribution in [3.05, 3.63) is 47.0 Å². The summed E-state index contributed by atoms with van der Waals surface area (Å²) in [4.78, 5) is 19.5. The second-order valence-corrected chi connectivity index (χ2v) is 7.96. The summed E-state index contributed by atoms with van der Waals surface area (Å²) in [5.41, 5.74) is 1.27. The van der Waals surface area contributed by atoms with Crippen molar-refractivity contribution >= 4 is 44.2 Å². The standard InChI is InChI=1S/C20H20ClN3O3S/c1-26-14-6-4-7-15(27-2)17(14)19(25)24-10-9-12(11-24)22-20-23-18-13(21)5-3-8-16(18)28-20/h3-8,12H,9-11H2,1-2H3,(H,22,23)/t12-/m1/s1. The molecule has 4 rings (SSSR count). The van der Waals surface area contributed by atoms with Crippen LogP contribution in [0.25, 0.3) is 10.2 Å². The molecule has 1 saturated heterocycles. The molecule has 6 nitrogen and oxygen atoms in total. The van der Waals surface area contributed by atoms with Crippen LogP contribution in [0.3, 0.4) is 0 Å². The molecule has 0 radical (unpaired) electrons. The molecule has 1 aliphatic heterocycles. The van der Waals surface area contributed by atoms with Crippen LogP contribution in [0.2, 0.25) is 5.02 Å². The van der Waals surface area contributed by atoms with Crippen LogP contribution >= 0.6 is 22.9 Å². The number of rotatable bonds is 5. The molecule has 1 fully saturated rings. The van der Waals surface area contributed by atoms with Crippen molar-refractivity contribution in [1.29, 1.82) is 0 Å². The van der Waals surface area contributed by atoms with Crippen LogP contribution in [-0.4, -0.2) is 49.1 Å². The van der Waals surface area contributed by atoms with E-state index in [0.717, 1.165) is 21.8 Å². The van der Waals surface area contributed by atoms with E-state index in [1.54, 1.807) is 43.8 Å². The lowest BCUT2D eigenvalue weighted by Crippen LogP contribution is -2.32. The topological polar surface area (TPSA) is 63.7 Å². The summed E-state index contributed by atoms with van der Waals surface area (Å²) in [6.45, 7) is 1.24. The first kappa shape index (κ1) is 18.8. The molecule has 8 heteroatoms. The number of carbonyl (C=O) groups is 1. The van der Waals surface area contributed by atoms with Gasteiger partial charge in [-0.25, -0.2) is 4.98 Å². The highest BCUT2D eigenvalue weighted by Gasteiger charge is 2.31. The molecule has 0 saturated carbocycles. The Bertz CT molecular complexity index is 1000. The number of carbonyl (C=O) groups excluding carboxylic acids is 1. The van der Waals surface area contributed by atoms with Crippen LogP contribution in [0, 0.1) is 0 Å². The van der Waals surface area contributed by atoms with Crippen molar-refractivity contribution in [3.63, 3.8) is 0 Å².